The van der Waals surface area contributed by atoms with Crippen LogP contribution in [0.2, 0.25) is 0 Å². The minimum atomic E-state index is -2.88. The summed E-state index contributed by atoms with van der Waals surface area (Å²) in [5.41, 5.74) is 4.84. The Bertz CT molecular complexity index is 1150. The lowest BCUT2D eigenvalue weighted by Crippen LogP contribution is -2.26. The lowest BCUT2D eigenvalue weighted by atomic mass is 9.99. The third-order valence-corrected chi connectivity index (χ3v) is 6.04. The minimum absolute atomic E-state index is 0.0300. The summed E-state index contributed by atoms with van der Waals surface area (Å²) < 4.78 is 33.5. The van der Waals surface area contributed by atoms with Crippen molar-refractivity contribution in [1.29, 1.82) is 0 Å². The Morgan fingerprint density at radius 3 is 2.33 bits per heavy atom. The van der Waals surface area contributed by atoms with Gasteiger partial charge in [-0.3, -0.25) is 9.36 Å². The van der Waals surface area contributed by atoms with Crippen LogP contribution in [0.25, 0.3) is 16.9 Å². The monoisotopic (exact) mass is 415 g/mol. The Kier molecular flexibility index (Phi) is 5.16. The highest BCUT2D eigenvalue weighted by Crippen LogP contribution is 2.39. The maximum absolute atomic E-state index is 13.7. The van der Waals surface area contributed by atoms with E-state index in [1.54, 1.807) is 16.6 Å². The van der Waals surface area contributed by atoms with Crippen molar-refractivity contribution in [3.05, 3.63) is 50.9 Å². The highest BCUT2D eigenvalue weighted by molar-refractivity contribution is 5.68. The zero-order chi connectivity index (χ0) is 21.7. The second-order valence-corrected chi connectivity index (χ2v) is 8.35. The van der Waals surface area contributed by atoms with E-state index in [4.69, 9.17) is 5.10 Å². The van der Waals surface area contributed by atoms with Gasteiger partial charge in [0.25, 0.3) is 5.56 Å². The number of aromatic nitrogens is 3. The Morgan fingerprint density at radius 2 is 1.80 bits per heavy atom. The molecule has 1 aliphatic carbocycles. The van der Waals surface area contributed by atoms with Crippen molar-refractivity contribution in [3.63, 3.8) is 0 Å². The molecule has 1 fully saturated rings. The van der Waals surface area contributed by atoms with Gasteiger partial charge in [-0.15, -0.1) is 5.10 Å². The molecule has 0 saturated heterocycles. The molecule has 3 aromatic rings. The van der Waals surface area contributed by atoms with E-state index in [2.05, 4.69) is 24.7 Å². The summed E-state index contributed by atoms with van der Waals surface area (Å²) in [7, 11) is 0. The number of ether oxygens (including phenoxy) is 1. The molecule has 0 aliphatic heterocycles. The summed E-state index contributed by atoms with van der Waals surface area (Å²) in [5.74, 6) is 0.959. The first kappa shape index (κ1) is 20.6. The lowest BCUT2D eigenvalue weighted by molar-refractivity contribution is -0.0498. The maximum atomic E-state index is 13.7. The molecule has 2 heterocycles. The molecule has 7 heteroatoms. The number of hydrogen-bond acceptors (Lipinski definition) is 3. The normalized spacial score (nSPS) is 15.2. The molecule has 4 rings (SSSR count). The molecule has 1 saturated carbocycles. The number of nitrogens with zero attached hydrogens (tertiary/aromatic N) is 3. The zero-order valence-electron chi connectivity index (χ0n) is 18.0. The smallest absolute Gasteiger partial charge is 0.387 e. The predicted octanol–water partition coefficient (Wildman–Crippen LogP) is 5.54. The topological polar surface area (TPSA) is 48.5 Å². The molecule has 160 valence electrons. The molecule has 5 nitrogen and oxygen atoms in total. The number of fused-ring (bicyclic) bond motifs is 1. The van der Waals surface area contributed by atoms with Gasteiger partial charge in [-0.05, 0) is 80.8 Å². The second-order valence-electron chi connectivity index (χ2n) is 8.35. The number of alkyl halides is 2. The van der Waals surface area contributed by atoms with Gasteiger partial charge in [-0.2, -0.15) is 8.78 Å². The molecule has 0 N–H and O–H groups in total. The molecule has 0 spiro atoms. The van der Waals surface area contributed by atoms with Crippen LogP contribution in [0, 0.1) is 20.8 Å². The van der Waals surface area contributed by atoms with Crippen LogP contribution >= 0.6 is 0 Å². The molecule has 1 atom stereocenters. The van der Waals surface area contributed by atoms with Gasteiger partial charge in [-0.25, -0.2) is 4.52 Å². The van der Waals surface area contributed by atoms with Crippen molar-refractivity contribution in [3.8, 4) is 17.1 Å². The third-order valence-electron chi connectivity index (χ3n) is 6.04. The zero-order valence-corrected chi connectivity index (χ0v) is 18.0. The molecule has 0 bridgehead atoms. The van der Waals surface area contributed by atoms with E-state index >= 15 is 0 Å². The first-order valence-corrected chi connectivity index (χ1v) is 10.4. The number of aryl methyl sites for hydroxylation is 3. The molecule has 1 aromatic carbocycles. The summed E-state index contributed by atoms with van der Waals surface area (Å²) in [5, 5.41) is 4.91. The Morgan fingerprint density at radius 1 is 1.17 bits per heavy atom. The summed E-state index contributed by atoms with van der Waals surface area (Å²) in [4.78, 5) is 13.7. The molecule has 2 aromatic heterocycles. The van der Waals surface area contributed by atoms with E-state index in [1.165, 1.54) is 0 Å². The van der Waals surface area contributed by atoms with Crippen molar-refractivity contribution < 1.29 is 13.5 Å². The molecule has 0 amide bonds. The van der Waals surface area contributed by atoms with E-state index in [-0.39, 0.29) is 23.3 Å². The van der Waals surface area contributed by atoms with Crippen LogP contribution in [0.3, 0.4) is 0 Å². The van der Waals surface area contributed by atoms with Crippen LogP contribution in [0.4, 0.5) is 8.78 Å². The fourth-order valence-corrected chi connectivity index (χ4v) is 4.23. The van der Waals surface area contributed by atoms with E-state index in [1.807, 2.05) is 25.3 Å². The summed E-state index contributed by atoms with van der Waals surface area (Å²) in [6, 6.07) is 5.34. The fraction of sp³-hybridized carbons (Fsp3) is 0.478. The summed E-state index contributed by atoms with van der Waals surface area (Å²) >= 11 is 0. The van der Waals surface area contributed by atoms with Gasteiger partial charge in [0, 0.05) is 17.3 Å². The number of benzene rings is 1. The lowest BCUT2D eigenvalue weighted by Gasteiger charge is -2.18. The average Bonchev–Trinajstić information content (AvgIpc) is 3.43. The van der Waals surface area contributed by atoms with Crippen molar-refractivity contribution in [1.82, 2.24) is 14.2 Å². The first-order valence-electron chi connectivity index (χ1n) is 10.4. The minimum Gasteiger partial charge on any atom is -0.435 e. The fourth-order valence-electron chi connectivity index (χ4n) is 4.23. The van der Waals surface area contributed by atoms with Crippen LogP contribution in [-0.2, 0) is 0 Å². The maximum Gasteiger partial charge on any atom is 0.387 e. The second kappa shape index (κ2) is 7.52. The molecular formula is C23H27F2N3O2. The van der Waals surface area contributed by atoms with Crippen LogP contribution in [0.15, 0.2) is 23.0 Å². The highest BCUT2D eigenvalue weighted by atomic mass is 19.3. The van der Waals surface area contributed by atoms with Gasteiger partial charge < -0.3 is 4.74 Å². The predicted molar refractivity (Wildman–Crippen MR) is 113 cm³/mol. The van der Waals surface area contributed by atoms with Gasteiger partial charge in [0.1, 0.15) is 11.3 Å². The Hall–Kier alpha value is -2.70. The van der Waals surface area contributed by atoms with Gasteiger partial charge in [0.15, 0.2) is 5.82 Å². The van der Waals surface area contributed by atoms with Gasteiger partial charge in [-0.1, -0.05) is 13.8 Å². The summed E-state index contributed by atoms with van der Waals surface area (Å²) in [6.07, 6.45) is 2.81. The van der Waals surface area contributed by atoms with Crippen molar-refractivity contribution in [2.75, 3.05) is 0 Å². The van der Waals surface area contributed by atoms with Crippen LogP contribution in [-0.4, -0.2) is 20.8 Å². The largest absolute Gasteiger partial charge is 0.435 e. The Labute approximate surface area is 174 Å². The molecule has 0 radical (unpaired) electrons. The first-order chi connectivity index (χ1) is 14.2. The third kappa shape index (κ3) is 3.40. The average molecular weight is 415 g/mol. The molecule has 30 heavy (non-hydrogen) atoms. The van der Waals surface area contributed by atoms with Crippen LogP contribution < -0.4 is 10.3 Å². The van der Waals surface area contributed by atoms with Crippen molar-refractivity contribution in [2.24, 2.45) is 0 Å². The number of halogens is 2. The summed E-state index contributed by atoms with van der Waals surface area (Å²) in [6.45, 7) is 6.98. The van der Waals surface area contributed by atoms with Gasteiger partial charge in [0.05, 0.1) is 0 Å². The van der Waals surface area contributed by atoms with Gasteiger partial charge in [0.2, 0.25) is 0 Å². The van der Waals surface area contributed by atoms with Crippen LogP contribution in [0.5, 0.6) is 5.75 Å². The van der Waals surface area contributed by atoms with E-state index in [0.717, 1.165) is 47.2 Å². The molecule has 1 unspecified atom stereocenters. The van der Waals surface area contributed by atoms with Crippen molar-refractivity contribution in [2.45, 2.75) is 72.5 Å². The Balaban J connectivity index is 2.00. The van der Waals surface area contributed by atoms with E-state index in [0.29, 0.717) is 11.3 Å². The van der Waals surface area contributed by atoms with E-state index < -0.39 is 6.61 Å². The molecular weight excluding hydrogens is 388 g/mol. The van der Waals surface area contributed by atoms with Gasteiger partial charge >= 0.3 is 6.61 Å². The SMILES string of the molecule is CCC(C)c1cc(C)n2nc(-c3c(C)cc(OC(F)F)cc3C)n(C3CC3)c(=O)c12. The van der Waals surface area contributed by atoms with Crippen LogP contribution in [0.1, 0.15) is 67.5 Å². The quantitative estimate of drug-likeness (QED) is 0.531. The van der Waals surface area contributed by atoms with Crippen molar-refractivity contribution >= 4 is 5.52 Å². The number of hydrogen-bond donors (Lipinski definition) is 0. The highest BCUT2D eigenvalue weighted by Gasteiger charge is 2.31. The van der Waals surface area contributed by atoms with E-state index in [9.17, 15) is 13.6 Å². The molecule has 1 aliphatic rings. The number of rotatable bonds is 6. The standard InChI is InChI=1S/C23H27F2N3O2/c1-6-12(2)18-11-15(5)28-20(18)22(29)27(16-7-8-16)21(26-28)19-13(3)9-17(10-14(19)4)30-23(24)25/h9-12,16,23H,6-8H2,1-5H3.